The fourth-order valence-corrected chi connectivity index (χ4v) is 3.07. The van der Waals surface area contributed by atoms with Crippen molar-refractivity contribution >= 4 is 17.4 Å². The number of aromatic nitrogens is 5. The van der Waals surface area contributed by atoms with Gasteiger partial charge in [0.2, 0.25) is 0 Å². The maximum atomic E-state index is 12.6. The predicted octanol–water partition coefficient (Wildman–Crippen LogP) is 3.08. The maximum Gasteiger partial charge on any atom is 0.193 e. The molecule has 0 fully saturated rings. The molecule has 7 nitrogen and oxygen atoms in total. The number of hydrogen-bond donors (Lipinski definition) is 0. The van der Waals surface area contributed by atoms with Gasteiger partial charge in [-0.2, -0.15) is 10.2 Å². The first-order valence-corrected chi connectivity index (χ1v) is 8.86. The molecule has 0 saturated heterocycles. The van der Waals surface area contributed by atoms with E-state index >= 15 is 0 Å². The zero-order valence-corrected chi connectivity index (χ0v) is 16.1. The van der Waals surface area contributed by atoms with Gasteiger partial charge in [-0.15, -0.1) is 4.80 Å². The Morgan fingerprint density at radius 3 is 2.59 bits per heavy atom. The number of pyridine rings is 2. The van der Waals surface area contributed by atoms with Gasteiger partial charge in [-0.25, -0.2) is 4.98 Å². The number of carbonyl (C=O) groups is 1. The first kappa shape index (κ1) is 19.1. The molecule has 0 bridgehead atoms. The maximum absolute atomic E-state index is 12.6. The summed E-state index contributed by atoms with van der Waals surface area (Å²) in [6, 6.07) is 3.68. The van der Waals surface area contributed by atoms with E-state index < -0.39 is 0 Å². The Morgan fingerprint density at radius 1 is 1.19 bits per heavy atom. The Bertz CT molecular complexity index is 943. The van der Waals surface area contributed by atoms with Crippen LogP contribution in [0, 0.1) is 6.92 Å². The number of hydrogen-bond acceptors (Lipinski definition) is 6. The number of carbonyl (C=O) groups excluding carboxylic acids is 1. The van der Waals surface area contributed by atoms with E-state index in [0.717, 1.165) is 22.4 Å². The summed E-state index contributed by atoms with van der Waals surface area (Å²) in [5.41, 5.74) is 3.48. The minimum Gasteiger partial charge on any atom is -0.377 e. The molecule has 0 radical (unpaired) electrons. The molecule has 0 aliphatic rings. The van der Waals surface area contributed by atoms with Crippen LogP contribution in [0.3, 0.4) is 0 Å². The summed E-state index contributed by atoms with van der Waals surface area (Å²) >= 11 is 6.27. The Morgan fingerprint density at radius 2 is 1.93 bits per heavy atom. The van der Waals surface area contributed by atoms with Crippen molar-refractivity contribution in [3.63, 3.8) is 0 Å². The van der Waals surface area contributed by atoms with Gasteiger partial charge < -0.3 is 4.74 Å². The Balaban J connectivity index is 1.74. The number of ether oxygens (including phenoxy) is 1. The molecule has 1 unspecified atom stereocenters. The molecule has 27 heavy (non-hydrogen) atoms. The normalized spacial score (nSPS) is 12.1. The van der Waals surface area contributed by atoms with Gasteiger partial charge in [0.05, 0.1) is 23.5 Å². The molecule has 0 saturated carbocycles. The highest BCUT2D eigenvalue weighted by atomic mass is 35.5. The molecular weight excluding hydrogens is 366 g/mol. The lowest BCUT2D eigenvalue weighted by Crippen LogP contribution is -2.12. The number of rotatable bonds is 7. The zero-order valence-electron chi connectivity index (χ0n) is 15.4. The van der Waals surface area contributed by atoms with Gasteiger partial charge in [-0.3, -0.25) is 9.78 Å². The SMILES string of the molecule is COC(C)c1cc(C)ncc1CC(=O)Cc1cnc(-n2nccn2)c(Cl)c1. The van der Waals surface area contributed by atoms with Crippen LogP contribution in [0.15, 0.2) is 36.9 Å². The van der Waals surface area contributed by atoms with Gasteiger partial charge >= 0.3 is 0 Å². The van der Waals surface area contributed by atoms with Crippen molar-refractivity contribution in [3.8, 4) is 5.82 Å². The highest BCUT2D eigenvalue weighted by Gasteiger charge is 2.15. The number of nitrogens with zero attached hydrogens (tertiary/aromatic N) is 5. The molecule has 3 aromatic heterocycles. The van der Waals surface area contributed by atoms with Gasteiger partial charge in [0.1, 0.15) is 5.78 Å². The summed E-state index contributed by atoms with van der Waals surface area (Å²) in [6.07, 6.45) is 6.86. The predicted molar refractivity (Wildman–Crippen MR) is 101 cm³/mol. The van der Waals surface area contributed by atoms with Crippen LogP contribution < -0.4 is 0 Å². The number of Topliss-reactive ketones (excluding diaryl/α,β-unsaturated/α-hetero) is 1. The summed E-state index contributed by atoms with van der Waals surface area (Å²) in [4.78, 5) is 22.5. The van der Waals surface area contributed by atoms with E-state index in [1.807, 2.05) is 19.9 Å². The number of aryl methyl sites for hydroxylation is 1. The van der Waals surface area contributed by atoms with Crippen LogP contribution in [0.25, 0.3) is 5.82 Å². The minimum absolute atomic E-state index is 0.0491. The minimum atomic E-state index is -0.105. The average molecular weight is 386 g/mol. The van der Waals surface area contributed by atoms with Gasteiger partial charge in [-0.05, 0) is 42.7 Å². The molecule has 8 heteroatoms. The van der Waals surface area contributed by atoms with Crippen molar-refractivity contribution in [2.24, 2.45) is 0 Å². The van der Waals surface area contributed by atoms with E-state index in [-0.39, 0.29) is 24.7 Å². The number of ketones is 1. The van der Waals surface area contributed by atoms with E-state index in [1.165, 1.54) is 4.80 Å². The van der Waals surface area contributed by atoms with E-state index in [0.29, 0.717) is 10.8 Å². The Labute approximate surface area is 162 Å². The topological polar surface area (TPSA) is 82.8 Å². The summed E-state index contributed by atoms with van der Waals surface area (Å²) in [7, 11) is 1.65. The second kappa shape index (κ2) is 8.37. The lowest BCUT2D eigenvalue weighted by atomic mass is 9.98. The second-order valence-corrected chi connectivity index (χ2v) is 6.67. The van der Waals surface area contributed by atoms with E-state index in [1.54, 1.807) is 38.0 Å². The quantitative estimate of drug-likeness (QED) is 0.621. The van der Waals surface area contributed by atoms with Crippen molar-refractivity contribution in [2.75, 3.05) is 7.11 Å². The van der Waals surface area contributed by atoms with E-state index in [2.05, 4.69) is 20.2 Å². The van der Waals surface area contributed by atoms with Crippen molar-refractivity contribution in [1.82, 2.24) is 25.0 Å². The molecule has 140 valence electrons. The molecule has 3 heterocycles. The van der Waals surface area contributed by atoms with Crippen LogP contribution in [0.1, 0.15) is 35.4 Å². The van der Waals surface area contributed by atoms with Gasteiger partial charge in [-0.1, -0.05) is 11.6 Å². The van der Waals surface area contributed by atoms with Crippen molar-refractivity contribution in [3.05, 3.63) is 64.3 Å². The van der Waals surface area contributed by atoms with Crippen molar-refractivity contribution in [1.29, 1.82) is 0 Å². The van der Waals surface area contributed by atoms with Crippen LogP contribution >= 0.6 is 11.6 Å². The van der Waals surface area contributed by atoms with Gasteiger partial charge in [0.15, 0.2) is 5.82 Å². The molecule has 0 aliphatic carbocycles. The first-order valence-electron chi connectivity index (χ1n) is 8.49. The van der Waals surface area contributed by atoms with Gasteiger partial charge in [0, 0.05) is 38.0 Å². The lowest BCUT2D eigenvalue weighted by Gasteiger charge is -2.15. The van der Waals surface area contributed by atoms with Crippen LogP contribution in [-0.4, -0.2) is 37.9 Å². The Kier molecular flexibility index (Phi) is 5.93. The highest BCUT2D eigenvalue weighted by Crippen LogP contribution is 2.23. The molecule has 0 N–H and O–H groups in total. The molecule has 3 rings (SSSR count). The van der Waals surface area contributed by atoms with Crippen LogP contribution in [0.4, 0.5) is 0 Å². The molecule has 0 aromatic carbocycles. The van der Waals surface area contributed by atoms with Crippen molar-refractivity contribution < 1.29 is 9.53 Å². The Hall–Kier alpha value is -2.64. The monoisotopic (exact) mass is 385 g/mol. The fourth-order valence-electron chi connectivity index (χ4n) is 2.80. The standard InChI is InChI=1S/C19H20ClN5O2/c1-12-6-17(13(2)27-3)15(11-21-12)9-16(26)7-14-8-18(20)19(22-10-14)25-23-4-5-24-25/h4-6,8,10-11,13H,7,9H2,1-3H3. The summed E-state index contributed by atoms with van der Waals surface area (Å²) in [5, 5.41) is 8.41. The number of halogens is 1. The third kappa shape index (κ3) is 4.56. The summed E-state index contributed by atoms with van der Waals surface area (Å²) in [6.45, 7) is 3.87. The number of methoxy groups -OCH3 is 1. The fraction of sp³-hybridized carbons (Fsp3) is 0.316. The highest BCUT2D eigenvalue weighted by molar-refractivity contribution is 6.32. The average Bonchev–Trinajstić information content (AvgIpc) is 3.17. The van der Waals surface area contributed by atoms with Crippen LogP contribution in [0.5, 0.6) is 0 Å². The first-order chi connectivity index (χ1) is 13.0. The zero-order chi connectivity index (χ0) is 19.4. The summed E-state index contributed by atoms with van der Waals surface area (Å²) < 4.78 is 5.42. The van der Waals surface area contributed by atoms with Gasteiger partial charge in [0.25, 0.3) is 0 Å². The van der Waals surface area contributed by atoms with E-state index in [9.17, 15) is 4.79 Å². The molecule has 3 aromatic rings. The largest absolute Gasteiger partial charge is 0.377 e. The third-order valence-electron chi connectivity index (χ3n) is 4.23. The van der Waals surface area contributed by atoms with Crippen LogP contribution in [-0.2, 0) is 22.4 Å². The van der Waals surface area contributed by atoms with Crippen LogP contribution in [0.2, 0.25) is 5.02 Å². The molecule has 0 aliphatic heterocycles. The lowest BCUT2D eigenvalue weighted by molar-refractivity contribution is -0.117. The van der Waals surface area contributed by atoms with Crippen molar-refractivity contribution in [2.45, 2.75) is 32.8 Å². The second-order valence-electron chi connectivity index (χ2n) is 6.26. The summed E-state index contributed by atoms with van der Waals surface area (Å²) in [5.74, 6) is 0.477. The third-order valence-corrected chi connectivity index (χ3v) is 4.50. The molecule has 1 atom stereocenters. The molecular formula is C19H20ClN5O2. The molecule has 0 amide bonds. The molecule has 0 spiro atoms. The smallest absolute Gasteiger partial charge is 0.193 e. The van der Waals surface area contributed by atoms with E-state index in [4.69, 9.17) is 16.3 Å².